The van der Waals surface area contributed by atoms with Crippen LogP contribution in [0.4, 0.5) is 5.82 Å². The third-order valence-corrected chi connectivity index (χ3v) is 3.75. The number of benzene rings is 1. The highest BCUT2D eigenvalue weighted by Gasteiger charge is 2.16. The maximum Gasteiger partial charge on any atom is 0.292 e. The summed E-state index contributed by atoms with van der Waals surface area (Å²) in [7, 11) is 1.64. The second-order valence-electron chi connectivity index (χ2n) is 5.97. The number of amides is 1. The minimum atomic E-state index is -0.456. The van der Waals surface area contributed by atoms with E-state index >= 15 is 0 Å². The molecule has 1 aromatic carbocycles. The number of aryl methyl sites for hydroxylation is 3. The molecule has 0 aliphatic rings. The third kappa shape index (κ3) is 3.75. The number of carbonyl (C=O) groups is 1. The summed E-state index contributed by atoms with van der Waals surface area (Å²) in [6.07, 6.45) is 1.39. The first kappa shape index (κ1) is 17.3. The lowest BCUT2D eigenvalue weighted by atomic mass is 10.1. The second-order valence-corrected chi connectivity index (χ2v) is 5.97. The topological polar surface area (TPSA) is 93.1 Å². The highest BCUT2D eigenvalue weighted by molar-refractivity contribution is 6.02. The van der Waals surface area contributed by atoms with E-state index < -0.39 is 5.91 Å². The summed E-state index contributed by atoms with van der Waals surface area (Å²) in [5.41, 5.74) is 2.51. The smallest absolute Gasteiger partial charge is 0.292 e. The predicted molar refractivity (Wildman–Crippen MR) is 94.8 cm³/mol. The molecule has 26 heavy (non-hydrogen) atoms. The zero-order chi connectivity index (χ0) is 18.7. The molecule has 0 bridgehead atoms. The Bertz CT molecular complexity index is 974. The van der Waals surface area contributed by atoms with Crippen LogP contribution in [0.1, 0.15) is 33.0 Å². The van der Waals surface area contributed by atoms with Crippen molar-refractivity contribution in [1.82, 2.24) is 9.78 Å². The lowest BCUT2D eigenvalue weighted by molar-refractivity contribution is 0.0991. The van der Waals surface area contributed by atoms with E-state index in [1.165, 1.54) is 10.9 Å². The fraction of sp³-hybridized carbons (Fsp3) is 0.211. The van der Waals surface area contributed by atoms with E-state index in [2.05, 4.69) is 16.5 Å². The molecule has 3 rings (SSSR count). The Morgan fingerprint density at radius 1 is 1.31 bits per heavy atom. The van der Waals surface area contributed by atoms with Crippen LogP contribution in [0.5, 0.6) is 5.75 Å². The summed E-state index contributed by atoms with van der Waals surface area (Å²) >= 11 is 0. The number of nitrogens with zero attached hydrogens (tertiary/aromatic N) is 3. The van der Waals surface area contributed by atoms with Gasteiger partial charge in [-0.1, -0.05) is 6.07 Å². The Morgan fingerprint density at radius 2 is 2.04 bits per heavy atom. The molecular formula is C19H18N4O3. The Hall–Kier alpha value is -3.53. The zero-order valence-electron chi connectivity index (χ0n) is 14.7. The molecule has 2 aromatic heterocycles. The third-order valence-electron chi connectivity index (χ3n) is 3.75. The van der Waals surface area contributed by atoms with Crippen LogP contribution < -0.4 is 10.1 Å². The lowest BCUT2D eigenvalue weighted by Crippen LogP contribution is -2.14. The van der Waals surface area contributed by atoms with Crippen molar-refractivity contribution in [3.8, 4) is 11.8 Å². The summed E-state index contributed by atoms with van der Waals surface area (Å²) < 4.78 is 12.7. The number of rotatable bonds is 5. The van der Waals surface area contributed by atoms with Crippen LogP contribution in [0.25, 0.3) is 0 Å². The minimum Gasteiger partial charge on any atom is -0.486 e. The molecule has 1 N–H and O–H groups in total. The molecule has 7 nitrogen and oxygen atoms in total. The lowest BCUT2D eigenvalue weighted by Gasteiger charge is -2.07. The molecule has 0 spiro atoms. The summed E-state index contributed by atoms with van der Waals surface area (Å²) in [4.78, 5) is 12.3. The van der Waals surface area contributed by atoms with Gasteiger partial charge in [0.1, 0.15) is 35.6 Å². The summed E-state index contributed by atoms with van der Waals surface area (Å²) in [5, 5.41) is 15.6. The number of nitrogens with one attached hydrogen (secondary N) is 1. The number of hydrogen-bond donors (Lipinski definition) is 1. The molecule has 0 atom stereocenters. The van der Waals surface area contributed by atoms with Crippen molar-refractivity contribution >= 4 is 11.7 Å². The number of hydrogen-bond acceptors (Lipinski definition) is 5. The molecular weight excluding hydrogens is 332 g/mol. The molecule has 0 unspecified atom stereocenters. The van der Waals surface area contributed by atoms with Crippen molar-refractivity contribution in [3.63, 3.8) is 0 Å². The van der Waals surface area contributed by atoms with Crippen LogP contribution in [0.2, 0.25) is 0 Å². The van der Waals surface area contributed by atoms with Gasteiger partial charge in [0.2, 0.25) is 0 Å². The monoisotopic (exact) mass is 350 g/mol. The van der Waals surface area contributed by atoms with Gasteiger partial charge in [-0.2, -0.15) is 10.4 Å². The van der Waals surface area contributed by atoms with Gasteiger partial charge in [0.05, 0.1) is 6.20 Å². The van der Waals surface area contributed by atoms with E-state index in [1.54, 1.807) is 19.2 Å². The molecule has 0 fully saturated rings. The first-order valence-electron chi connectivity index (χ1n) is 7.99. The Balaban J connectivity index is 1.66. The Kier molecular flexibility index (Phi) is 4.76. The van der Waals surface area contributed by atoms with Gasteiger partial charge in [-0.25, -0.2) is 0 Å². The normalized spacial score (nSPS) is 10.4. The first-order chi connectivity index (χ1) is 12.5. The Labute approximate surface area is 150 Å². The fourth-order valence-electron chi connectivity index (χ4n) is 2.58. The number of nitriles is 1. The van der Waals surface area contributed by atoms with Crippen molar-refractivity contribution in [2.45, 2.75) is 20.5 Å². The van der Waals surface area contributed by atoms with Crippen LogP contribution >= 0.6 is 0 Å². The van der Waals surface area contributed by atoms with E-state index in [0.29, 0.717) is 11.6 Å². The van der Waals surface area contributed by atoms with Crippen LogP contribution in [-0.4, -0.2) is 15.7 Å². The SMILES string of the molecule is Cc1cc(C)cc(OCc2ccc(C(=O)Nc3c(C#N)cnn3C)o2)c1. The van der Waals surface area contributed by atoms with Gasteiger partial charge in [-0.05, 0) is 49.2 Å². The van der Waals surface area contributed by atoms with Gasteiger partial charge in [-0.15, -0.1) is 0 Å². The second kappa shape index (κ2) is 7.15. The number of carbonyl (C=O) groups excluding carboxylic acids is 1. The van der Waals surface area contributed by atoms with Gasteiger partial charge >= 0.3 is 0 Å². The predicted octanol–water partition coefficient (Wildman–Crippen LogP) is 3.33. The quantitative estimate of drug-likeness (QED) is 0.762. The number of ether oxygens (including phenoxy) is 1. The van der Waals surface area contributed by atoms with E-state index in [9.17, 15) is 4.79 Å². The zero-order valence-corrected chi connectivity index (χ0v) is 14.7. The van der Waals surface area contributed by atoms with Crippen molar-refractivity contribution in [2.24, 2.45) is 7.05 Å². The Morgan fingerprint density at radius 3 is 2.73 bits per heavy atom. The van der Waals surface area contributed by atoms with Gasteiger partial charge in [0.25, 0.3) is 5.91 Å². The largest absolute Gasteiger partial charge is 0.486 e. The van der Waals surface area contributed by atoms with Gasteiger partial charge in [0, 0.05) is 7.05 Å². The number of aromatic nitrogens is 2. The van der Waals surface area contributed by atoms with Crippen LogP contribution in [-0.2, 0) is 13.7 Å². The average Bonchev–Trinajstić information content (AvgIpc) is 3.20. The molecule has 0 aliphatic carbocycles. The van der Waals surface area contributed by atoms with Crippen molar-refractivity contribution < 1.29 is 13.9 Å². The van der Waals surface area contributed by atoms with E-state index in [0.717, 1.165) is 16.9 Å². The van der Waals surface area contributed by atoms with Crippen LogP contribution in [0.3, 0.4) is 0 Å². The van der Waals surface area contributed by atoms with Crippen molar-refractivity contribution in [1.29, 1.82) is 5.26 Å². The molecule has 0 saturated carbocycles. The average molecular weight is 350 g/mol. The minimum absolute atomic E-state index is 0.133. The van der Waals surface area contributed by atoms with Crippen molar-refractivity contribution in [2.75, 3.05) is 5.32 Å². The molecule has 7 heteroatoms. The summed E-state index contributed by atoms with van der Waals surface area (Å²) in [6.45, 7) is 4.22. The number of furan rings is 1. The first-order valence-corrected chi connectivity index (χ1v) is 7.99. The highest BCUT2D eigenvalue weighted by atomic mass is 16.5. The van der Waals surface area contributed by atoms with Gasteiger partial charge in [0.15, 0.2) is 5.76 Å². The molecule has 0 aliphatic heterocycles. The van der Waals surface area contributed by atoms with Gasteiger partial charge < -0.3 is 14.5 Å². The van der Waals surface area contributed by atoms with E-state index in [-0.39, 0.29) is 17.9 Å². The van der Waals surface area contributed by atoms with Crippen molar-refractivity contribution in [3.05, 3.63) is 64.7 Å². The maximum atomic E-state index is 12.3. The van der Waals surface area contributed by atoms with E-state index in [1.807, 2.05) is 32.0 Å². The molecule has 3 aromatic rings. The van der Waals surface area contributed by atoms with E-state index in [4.69, 9.17) is 14.4 Å². The summed E-state index contributed by atoms with van der Waals surface area (Å²) in [5.74, 6) is 1.28. The molecule has 2 heterocycles. The standard InChI is InChI=1S/C19H18N4O3/c1-12-6-13(2)8-16(7-12)25-11-15-4-5-17(26-15)19(24)22-18-14(9-20)10-21-23(18)3/h4-8,10H,11H2,1-3H3,(H,22,24). The molecule has 0 saturated heterocycles. The van der Waals surface area contributed by atoms with Gasteiger partial charge in [-0.3, -0.25) is 9.48 Å². The summed E-state index contributed by atoms with van der Waals surface area (Å²) in [6, 6.07) is 11.2. The van der Waals surface area contributed by atoms with Crippen LogP contribution in [0.15, 0.2) is 40.9 Å². The molecule has 132 valence electrons. The molecule has 0 radical (unpaired) electrons. The van der Waals surface area contributed by atoms with Crippen LogP contribution in [0, 0.1) is 25.2 Å². The highest BCUT2D eigenvalue weighted by Crippen LogP contribution is 2.19. The molecule has 1 amide bonds. The number of anilines is 1. The fourth-order valence-corrected chi connectivity index (χ4v) is 2.58. The maximum absolute atomic E-state index is 12.3.